The van der Waals surface area contributed by atoms with Crippen LogP contribution in [0.2, 0.25) is 0 Å². The van der Waals surface area contributed by atoms with Crippen molar-refractivity contribution in [3.63, 3.8) is 0 Å². The van der Waals surface area contributed by atoms with Crippen LogP contribution in [-0.4, -0.2) is 85.0 Å². The van der Waals surface area contributed by atoms with Crippen molar-refractivity contribution in [2.75, 3.05) is 69.3 Å². The number of benzene rings is 2. The molecular weight excluding hydrogens is 444 g/mol. The Balaban J connectivity index is 1.33. The third kappa shape index (κ3) is 5.63. The zero-order chi connectivity index (χ0) is 24.0. The summed E-state index contributed by atoms with van der Waals surface area (Å²) >= 11 is 0. The lowest BCUT2D eigenvalue weighted by molar-refractivity contribution is 0.0342. The van der Waals surface area contributed by atoms with Crippen LogP contribution in [0.1, 0.15) is 12.5 Å². The van der Waals surface area contributed by atoms with Gasteiger partial charge in [-0.2, -0.15) is 0 Å². The maximum absolute atomic E-state index is 12.1. The first-order chi connectivity index (χ1) is 17.2. The molecular formula is C26H32N6O3. The van der Waals surface area contributed by atoms with E-state index in [0.29, 0.717) is 38.6 Å². The molecule has 3 aromatic rings. The van der Waals surface area contributed by atoms with Crippen molar-refractivity contribution in [3.8, 4) is 0 Å². The molecule has 0 aliphatic carbocycles. The molecule has 0 radical (unpaired) electrons. The van der Waals surface area contributed by atoms with Crippen molar-refractivity contribution >= 4 is 34.4 Å². The second kappa shape index (κ2) is 10.9. The molecule has 2 aliphatic rings. The molecule has 3 heterocycles. The summed E-state index contributed by atoms with van der Waals surface area (Å²) in [4.78, 5) is 28.3. The van der Waals surface area contributed by atoms with Gasteiger partial charge in [0, 0.05) is 51.5 Å². The van der Waals surface area contributed by atoms with E-state index in [-0.39, 0.29) is 6.09 Å². The number of nitrogens with one attached hydrogen (secondary N) is 1. The zero-order valence-corrected chi connectivity index (χ0v) is 20.2. The van der Waals surface area contributed by atoms with Gasteiger partial charge in [0.2, 0.25) is 0 Å². The number of nitrogens with zero attached hydrogens (tertiary/aromatic N) is 5. The summed E-state index contributed by atoms with van der Waals surface area (Å²) in [5.41, 5.74) is 3.93. The van der Waals surface area contributed by atoms with Gasteiger partial charge in [0.05, 0.1) is 30.9 Å². The summed E-state index contributed by atoms with van der Waals surface area (Å²) in [5.74, 6) is 1.51. The molecule has 2 fully saturated rings. The molecule has 9 heteroatoms. The first kappa shape index (κ1) is 23.3. The molecule has 0 spiro atoms. The Hall–Kier alpha value is -3.43. The quantitative estimate of drug-likeness (QED) is 0.579. The largest absolute Gasteiger partial charge is 0.450 e. The maximum atomic E-state index is 12.1. The fourth-order valence-corrected chi connectivity index (χ4v) is 4.46. The number of para-hydroxylation sites is 2. The Bertz CT molecular complexity index is 1140. The minimum Gasteiger partial charge on any atom is -0.450 e. The number of piperazine rings is 1. The van der Waals surface area contributed by atoms with Crippen LogP contribution < -0.4 is 10.2 Å². The molecule has 9 nitrogen and oxygen atoms in total. The van der Waals surface area contributed by atoms with Gasteiger partial charge >= 0.3 is 6.09 Å². The van der Waals surface area contributed by atoms with Crippen molar-refractivity contribution in [2.24, 2.45) is 0 Å². The van der Waals surface area contributed by atoms with Crippen LogP contribution in [0.4, 0.5) is 22.1 Å². The summed E-state index contributed by atoms with van der Waals surface area (Å²) in [7, 11) is 0. The van der Waals surface area contributed by atoms with Crippen LogP contribution in [0, 0.1) is 0 Å². The average Bonchev–Trinajstić information content (AvgIpc) is 2.90. The van der Waals surface area contributed by atoms with Crippen LogP contribution in [-0.2, 0) is 16.0 Å². The molecule has 184 valence electrons. The standard InChI is InChI=1S/C26H32N6O3/c1-2-35-26(33)32-13-11-31(12-14-32)25-24(28-22-5-3-4-6-23(22)29-25)27-21-9-7-20(8-10-21)19-30-15-17-34-18-16-30/h3-10H,2,11-19H2,1H3,(H,27,28). The number of hydrogen-bond donors (Lipinski definition) is 1. The van der Waals surface area contributed by atoms with Crippen LogP contribution >= 0.6 is 0 Å². The minimum atomic E-state index is -0.257. The van der Waals surface area contributed by atoms with Crippen molar-refractivity contribution in [3.05, 3.63) is 54.1 Å². The van der Waals surface area contributed by atoms with Gasteiger partial charge in [-0.1, -0.05) is 24.3 Å². The first-order valence-corrected chi connectivity index (χ1v) is 12.3. The third-order valence-electron chi connectivity index (χ3n) is 6.38. The number of carbonyl (C=O) groups is 1. The van der Waals surface area contributed by atoms with E-state index in [4.69, 9.17) is 19.4 Å². The SMILES string of the molecule is CCOC(=O)N1CCN(c2nc3ccccc3nc2Nc2ccc(CN3CCOCC3)cc2)CC1. The maximum Gasteiger partial charge on any atom is 0.409 e. The van der Waals surface area contributed by atoms with E-state index in [0.717, 1.165) is 55.4 Å². The van der Waals surface area contributed by atoms with Crippen molar-refractivity contribution in [1.82, 2.24) is 19.8 Å². The van der Waals surface area contributed by atoms with E-state index in [1.54, 1.807) is 4.90 Å². The smallest absolute Gasteiger partial charge is 0.409 e. The highest BCUT2D eigenvalue weighted by Gasteiger charge is 2.25. The summed E-state index contributed by atoms with van der Waals surface area (Å²) < 4.78 is 10.6. The number of hydrogen-bond acceptors (Lipinski definition) is 8. The van der Waals surface area contributed by atoms with Crippen LogP contribution in [0.5, 0.6) is 0 Å². The summed E-state index contributed by atoms with van der Waals surface area (Å²) in [6.07, 6.45) is -0.257. The Morgan fingerprint density at radius 3 is 2.31 bits per heavy atom. The Kier molecular flexibility index (Phi) is 7.25. The van der Waals surface area contributed by atoms with E-state index in [2.05, 4.69) is 39.4 Å². The van der Waals surface area contributed by atoms with E-state index in [9.17, 15) is 4.79 Å². The Labute approximate surface area is 205 Å². The predicted octanol–water partition coefficient (Wildman–Crippen LogP) is 3.48. The van der Waals surface area contributed by atoms with Crippen LogP contribution in [0.15, 0.2) is 48.5 Å². The van der Waals surface area contributed by atoms with E-state index in [1.807, 2.05) is 31.2 Å². The molecule has 0 unspecified atom stereocenters. The molecule has 2 aliphatic heterocycles. The van der Waals surface area contributed by atoms with Gasteiger partial charge in [0.25, 0.3) is 0 Å². The van der Waals surface area contributed by atoms with Crippen molar-refractivity contribution in [1.29, 1.82) is 0 Å². The van der Waals surface area contributed by atoms with Crippen LogP contribution in [0.25, 0.3) is 11.0 Å². The fourth-order valence-electron chi connectivity index (χ4n) is 4.46. The third-order valence-corrected chi connectivity index (χ3v) is 6.38. The molecule has 0 atom stereocenters. The lowest BCUT2D eigenvalue weighted by Gasteiger charge is -2.35. The monoisotopic (exact) mass is 476 g/mol. The lowest BCUT2D eigenvalue weighted by Crippen LogP contribution is -2.49. The number of ether oxygens (including phenoxy) is 2. The van der Waals surface area contributed by atoms with E-state index in [1.165, 1.54) is 5.56 Å². The van der Waals surface area contributed by atoms with Gasteiger partial charge in [-0.05, 0) is 36.8 Å². The van der Waals surface area contributed by atoms with Gasteiger partial charge in [-0.3, -0.25) is 4.90 Å². The highest BCUT2D eigenvalue weighted by Crippen LogP contribution is 2.29. The lowest BCUT2D eigenvalue weighted by atomic mass is 10.2. The molecule has 5 rings (SSSR count). The van der Waals surface area contributed by atoms with Gasteiger partial charge in [0.1, 0.15) is 0 Å². The highest BCUT2D eigenvalue weighted by molar-refractivity contribution is 5.82. The summed E-state index contributed by atoms with van der Waals surface area (Å²) in [5, 5.41) is 3.49. The fraction of sp³-hybridized carbons (Fsp3) is 0.423. The zero-order valence-electron chi connectivity index (χ0n) is 20.2. The topological polar surface area (TPSA) is 83.1 Å². The number of anilines is 3. The molecule has 0 saturated carbocycles. The van der Waals surface area contributed by atoms with Crippen molar-refractivity contribution < 1.29 is 14.3 Å². The molecule has 35 heavy (non-hydrogen) atoms. The first-order valence-electron chi connectivity index (χ1n) is 12.3. The molecule has 0 bridgehead atoms. The molecule has 2 saturated heterocycles. The van der Waals surface area contributed by atoms with Gasteiger partial charge in [-0.25, -0.2) is 14.8 Å². The van der Waals surface area contributed by atoms with Crippen molar-refractivity contribution in [2.45, 2.75) is 13.5 Å². The van der Waals surface area contributed by atoms with Gasteiger partial charge in [-0.15, -0.1) is 0 Å². The second-order valence-electron chi connectivity index (χ2n) is 8.77. The Morgan fingerprint density at radius 2 is 1.63 bits per heavy atom. The number of fused-ring (bicyclic) bond motifs is 1. The second-order valence-corrected chi connectivity index (χ2v) is 8.77. The normalized spacial score (nSPS) is 16.9. The number of carbonyl (C=O) groups excluding carboxylic acids is 1. The summed E-state index contributed by atoms with van der Waals surface area (Å²) in [6.45, 7) is 9.19. The molecule has 1 aromatic heterocycles. The number of morpholine rings is 1. The van der Waals surface area contributed by atoms with E-state index >= 15 is 0 Å². The molecule has 2 aromatic carbocycles. The highest BCUT2D eigenvalue weighted by atomic mass is 16.6. The molecule has 1 amide bonds. The number of rotatable bonds is 6. The Morgan fingerprint density at radius 1 is 0.943 bits per heavy atom. The predicted molar refractivity (Wildman–Crippen MR) is 136 cm³/mol. The average molecular weight is 477 g/mol. The van der Waals surface area contributed by atoms with Crippen LogP contribution in [0.3, 0.4) is 0 Å². The number of aromatic nitrogens is 2. The molecule has 1 N–H and O–H groups in total. The van der Waals surface area contributed by atoms with Gasteiger partial charge < -0.3 is 24.6 Å². The van der Waals surface area contributed by atoms with Gasteiger partial charge in [0.15, 0.2) is 11.6 Å². The summed E-state index contributed by atoms with van der Waals surface area (Å²) in [6, 6.07) is 16.4. The number of amides is 1. The van der Waals surface area contributed by atoms with E-state index < -0.39 is 0 Å². The minimum absolute atomic E-state index is 0.257.